The van der Waals surface area contributed by atoms with Gasteiger partial charge in [-0.3, -0.25) is 9.35 Å². The van der Waals surface area contributed by atoms with Gasteiger partial charge in [-0.05, 0) is 59.2 Å². The van der Waals surface area contributed by atoms with Crippen molar-refractivity contribution in [3.05, 3.63) is 114 Å². The van der Waals surface area contributed by atoms with Gasteiger partial charge in [-0.1, -0.05) is 66.7 Å². The van der Waals surface area contributed by atoms with Crippen LogP contribution in [0.2, 0.25) is 0 Å². The standard InChI is InChI=1S/C33H22N2O4S3/c1-19-6-14-27-30(31(19)42(37,38)39)41-33(35-27)25-13-15-26-29(18-25)40-32(34-26)22-9-7-20(8-10-22)16-28(36)24-12-11-21-4-2-3-5-23(21)17-24/h2-15,17-18H,16H2,1H3,(H,37,38,39). The minimum Gasteiger partial charge on any atom is -0.294 e. The predicted molar refractivity (Wildman–Crippen MR) is 170 cm³/mol. The first-order chi connectivity index (χ1) is 20.2. The molecule has 0 aliphatic heterocycles. The second-order valence-electron chi connectivity index (χ2n) is 10.1. The van der Waals surface area contributed by atoms with Gasteiger partial charge in [0.25, 0.3) is 10.1 Å². The summed E-state index contributed by atoms with van der Waals surface area (Å²) in [7, 11) is -4.38. The average molecular weight is 607 g/mol. The first kappa shape index (κ1) is 26.6. The largest absolute Gasteiger partial charge is 0.296 e. The van der Waals surface area contributed by atoms with Crippen molar-refractivity contribution in [2.75, 3.05) is 0 Å². The maximum Gasteiger partial charge on any atom is 0.296 e. The fraction of sp³-hybridized carbons (Fsp3) is 0.0606. The number of aromatic nitrogens is 2. The van der Waals surface area contributed by atoms with Crippen molar-refractivity contribution in [3.8, 4) is 21.1 Å². The molecule has 6 nitrogen and oxygen atoms in total. The summed E-state index contributed by atoms with van der Waals surface area (Å²) < 4.78 is 35.2. The molecule has 0 saturated carbocycles. The van der Waals surface area contributed by atoms with Crippen molar-refractivity contribution < 1.29 is 17.8 Å². The molecule has 7 aromatic rings. The molecule has 1 N–H and O–H groups in total. The highest BCUT2D eigenvalue weighted by molar-refractivity contribution is 7.86. The molecule has 7 rings (SSSR count). The topological polar surface area (TPSA) is 97.2 Å². The Kier molecular flexibility index (Phi) is 6.47. The van der Waals surface area contributed by atoms with E-state index in [1.165, 1.54) is 11.3 Å². The number of thiazole rings is 2. The Morgan fingerprint density at radius 2 is 1.45 bits per heavy atom. The van der Waals surface area contributed by atoms with Crippen molar-refractivity contribution in [3.63, 3.8) is 0 Å². The Labute approximate surface area is 249 Å². The van der Waals surface area contributed by atoms with E-state index < -0.39 is 10.1 Å². The molecule has 5 aromatic carbocycles. The van der Waals surface area contributed by atoms with E-state index in [-0.39, 0.29) is 10.7 Å². The maximum absolute atomic E-state index is 13.0. The Bertz CT molecular complexity index is 2280. The third kappa shape index (κ3) is 4.90. The highest BCUT2D eigenvalue weighted by atomic mass is 32.2. The van der Waals surface area contributed by atoms with E-state index in [4.69, 9.17) is 4.98 Å². The number of hydrogen-bond acceptors (Lipinski definition) is 7. The molecule has 0 aliphatic carbocycles. The zero-order valence-electron chi connectivity index (χ0n) is 22.2. The summed E-state index contributed by atoms with van der Waals surface area (Å²) in [6.45, 7) is 1.65. The van der Waals surface area contributed by atoms with Crippen LogP contribution in [-0.2, 0) is 16.5 Å². The first-order valence-corrected chi connectivity index (χ1v) is 16.2. The first-order valence-electron chi connectivity index (χ1n) is 13.1. The molecule has 0 atom stereocenters. The molecule has 0 fully saturated rings. The second kappa shape index (κ2) is 10.2. The quantitative estimate of drug-likeness (QED) is 0.151. The zero-order chi connectivity index (χ0) is 29.0. The van der Waals surface area contributed by atoms with Crippen LogP contribution in [0.15, 0.2) is 102 Å². The summed E-state index contributed by atoms with van der Waals surface area (Å²) in [6, 6.07) is 31.0. The molecule has 42 heavy (non-hydrogen) atoms. The molecule has 0 amide bonds. The lowest BCUT2D eigenvalue weighted by molar-refractivity contribution is 0.0993. The summed E-state index contributed by atoms with van der Waals surface area (Å²) in [4.78, 5) is 22.3. The fourth-order valence-corrected chi connectivity index (χ4v) is 8.43. The summed E-state index contributed by atoms with van der Waals surface area (Å²) in [5, 5.41) is 3.70. The van der Waals surface area contributed by atoms with Crippen LogP contribution in [0.5, 0.6) is 0 Å². The van der Waals surface area contributed by atoms with E-state index in [0.717, 1.165) is 42.7 Å². The van der Waals surface area contributed by atoms with Crippen LogP contribution >= 0.6 is 22.7 Å². The zero-order valence-corrected chi connectivity index (χ0v) is 24.7. The number of Topliss-reactive ketones (excluding diaryl/α,β-unsaturated/α-hetero) is 1. The Morgan fingerprint density at radius 3 is 2.24 bits per heavy atom. The summed E-state index contributed by atoms with van der Waals surface area (Å²) in [5.74, 6) is 0.0785. The SMILES string of the molecule is Cc1ccc2nc(-c3ccc4nc(-c5ccc(CC(=O)c6ccc7ccccc7c6)cc5)sc4c3)sc2c1S(=O)(=O)O. The van der Waals surface area contributed by atoms with E-state index in [1.807, 2.05) is 84.9 Å². The van der Waals surface area contributed by atoms with Gasteiger partial charge in [0.05, 0.1) is 20.4 Å². The molecule has 2 heterocycles. The van der Waals surface area contributed by atoms with Crippen molar-refractivity contribution in [1.29, 1.82) is 0 Å². The van der Waals surface area contributed by atoms with Gasteiger partial charge in [0, 0.05) is 23.1 Å². The number of fused-ring (bicyclic) bond motifs is 3. The Morgan fingerprint density at radius 1 is 0.762 bits per heavy atom. The highest BCUT2D eigenvalue weighted by Crippen LogP contribution is 2.38. The summed E-state index contributed by atoms with van der Waals surface area (Å²) >= 11 is 2.80. The normalized spacial score (nSPS) is 12.0. The number of carbonyl (C=O) groups excluding carboxylic acids is 1. The number of nitrogens with zero attached hydrogens (tertiary/aromatic N) is 2. The number of rotatable bonds is 6. The van der Waals surface area contributed by atoms with Crippen LogP contribution in [0.3, 0.4) is 0 Å². The predicted octanol–water partition coefficient (Wildman–Crippen LogP) is 8.37. The maximum atomic E-state index is 13.0. The number of carbonyl (C=O) groups is 1. The molecule has 0 saturated heterocycles. The van der Waals surface area contributed by atoms with Gasteiger partial charge in [-0.15, -0.1) is 22.7 Å². The molecule has 2 aromatic heterocycles. The van der Waals surface area contributed by atoms with Gasteiger partial charge >= 0.3 is 0 Å². The summed E-state index contributed by atoms with van der Waals surface area (Å²) in [6.07, 6.45) is 0.322. The van der Waals surface area contributed by atoms with Gasteiger partial charge in [-0.25, -0.2) is 9.97 Å². The molecule has 206 valence electrons. The lowest BCUT2D eigenvalue weighted by atomic mass is 9.99. The minimum absolute atomic E-state index is 0.0785. The fourth-order valence-electron chi connectivity index (χ4n) is 5.11. The molecule has 0 spiro atoms. The summed E-state index contributed by atoms with van der Waals surface area (Å²) in [5.41, 5.74) is 5.32. The van der Waals surface area contributed by atoms with Crippen LogP contribution in [0.4, 0.5) is 0 Å². The van der Waals surface area contributed by atoms with Crippen LogP contribution in [-0.4, -0.2) is 28.7 Å². The van der Waals surface area contributed by atoms with Gasteiger partial charge in [0.1, 0.15) is 14.9 Å². The lowest BCUT2D eigenvalue weighted by Gasteiger charge is -2.05. The molecule has 0 aliphatic rings. The van der Waals surface area contributed by atoms with E-state index in [0.29, 0.717) is 32.8 Å². The van der Waals surface area contributed by atoms with Crippen LogP contribution in [0.1, 0.15) is 21.5 Å². The van der Waals surface area contributed by atoms with Crippen molar-refractivity contribution in [2.45, 2.75) is 18.2 Å². The van der Waals surface area contributed by atoms with Gasteiger partial charge in [-0.2, -0.15) is 8.42 Å². The third-order valence-corrected chi connectivity index (χ3v) is 10.6. The highest BCUT2D eigenvalue weighted by Gasteiger charge is 2.21. The second-order valence-corrected chi connectivity index (χ2v) is 13.5. The van der Waals surface area contributed by atoms with E-state index >= 15 is 0 Å². The molecule has 0 unspecified atom stereocenters. The smallest absolute Gasteiger partial charge is 0.294 e. The third-order valence-electron chi connectivity index (χ3n) is 7.24. The molecule has 0 bridgehead atoms. The van der Waals surface area contributed by atoms with Crippen molar-refractivity contribution >= 4 is 69.8 Å². The Hall–Kier alpha value is -4.28. The molecular weight excluding hydrogens is 585 g/mol. The van der Waals surface area contributed by atoms with Gasteiger partial charge < -0.3 is 0 Å². The number of benzene rings is 5. The van der Waals surface area contributed by atoms with Crippen LogP contribution in [0.25, 0.3) is 52.3 Å². The van der Waals surface area contributed by atoms with E-state index in [9.17, 15) is 17.8 Å². The number of ketones is 1. The lowest BCUT2D eigenvalue weighted by Crippen LogP contribution is -2.03. The Balaban J connectivity index is 1.14. The van der Waals surface area contributed by atoms with Crippen molar-refractivity contribution in [1.82, 2.24) is 9.97 Å². The molecule has 0 radical (unpaired) electrons. The van der Waals surface area contributed by atoms with Crippen LogP contribution in [0, 0.1) is 6.92 Å². The van der Waals surface area contributed by atoms with Crippen LogP contribution < -0.4 is 0 Å². The van der Waals surface area contributed by atoms with E-state index in [1.54, 1.807) is 30.4 Å². The molecule has 9 heteroatoms. The molecular formula is C33H22N2O4S3. The van der Waals surface area contributed by atoms with Gasteiger partial charge in [0.15, 0.2) is 5.78 Å². The minimum atomic E-state index is -4.38. The van der Waals surface area contributed by atoms with Crippen molar-refractivity contribution in [2.24, 2.45) is 0 Å². The number of aryl methyl sites for hydroxylation is 1. The number of hydrogen-bond donors (Lipinski definition) is 1. The van der Waals surface area contributed by atoms with E-state index in [2.05, 4.69) is 4.98 Å². The van der Waals surface area contributed by atoms with Gasteiger partial charge in [0.2, 0.25) is 0 Å². The monoisotopic (exact) mass is 606 g/mol. The average Bonchev–Trinajstić information content (AvgIpc) is 3.60.